The second-order valence-electron chi connectivity index (χ2n) is 5.84. The Kier molecular flexibility index (Phi) is 8.21. The molecule has 2 rings (SSSR count). The van der Waals surface area contributed by atoms with Gasteiger partial charge < -0.3 is 10.6 Å². The van der Waals surface area contributed by atoms with Gasteiger partial charge in [-0.25, -0.2) is 0 Å². The molecular weight excluding hydrogens is 296 g/mol. The van der Waals surface area contributed by atoms with Crippen LogP contribution < -0.4 is 5.73 Å². The average Bonchev–Trinajstić information content (AvgIpc) is 3.00. The van der Waals surface area contributed by atoms with Gasteiger partial charge in [0.2, 0.25) is 5.91 Å². The smallest absolute Gasteiger partial charge is 0.226 e. The van der Waals surface area contributed by atoms with Crippen LogP contribution in [0.25, 0.3) is 0 Å². The van der Waals surface area contributed by atoms with Crippen molar-refractivity contribution in [2.45, 2.75) is 25.7 Å². The molecule has 0 spiro atoms. The molecule has 1 amide bonds. The molecule has 1 fully saturated rings. The number of hydrogen-bond donors (Lipinski definition) is 1. The third-order valence-electron chi connectivity index (χ3n) is 4.45. The number of halogens is 1. The summed E-state index contributed by atoms with van der Waals surface area (Å²) in [6, 6.07) is 10.3. The van der Waals surface area contributed by atoms with Crippen LogP contribution in [0, 0.1) is 11.8 Å². The van der Waals surface area contributed by atoms with E-state index in [0.29, 0.717) is 19.0 Å². The van der Waals surface area contributed by atoms with Gasteiger partial charge in [-0.05, 0) is 37.3 Å². The molecule has 1 aromatic rings. The van der Waals surface area contributed by atoms with Gasteiger partial charge >= 0.3 is 0 Å². The van der Waals surface area contributed by atoms with E-state index in [0.717, 1.165) is 32.2 Å². The van der Waals surface area contributed by atoms with E-state index in [2.05, 4.69) is 18.7 Å². The molecule has 1 saturated carbocycles. The minimum Gasteiger partial charge on any atom is -0.338 e. The van der Waals surface area contributed by atoms with Crippen molar-refractivity contribution in [2.75, 3.05) is 19.6 Å². The van der Waals surface area contributed by atoms with Crippen molar-refractivity contribution in [3.63, 3.8) is 0 Å². The lowest BCUT2D eigenvalue weighted by Gasteiger charge is -2.27. The third kappa shape index (κ3) is 4.85. The van der Waals surface area contributed by atoms with Gasteiger partial charge in [-0.15, -0.1) is 19.0 Å². The Morgan fingerprint density at radius 3 is 2.68 bits per heavy atom. The zero-order valence-electron chi connectivity index (χ0n) is 13.1. The van der Waals surface area contributed by atoms with Gasteiger partial charge in [0.05, 0.1) is 0 Å². The van der Waals surface area contributed by atoms with Crippen molar-refractivity contribution in [1.29, 1.82) is 0 Å². The van der Waals surface area contributed by atoms with Crippen LogP contribution in [0.2, 0.25) is 0 Å². The zero-order chi connectivity index (χ0) is 15.1. The van der Waals surface area contributed by atoms with Crippen LogP contribution in [-0.2, 0) is 11.2 Å². The summed E-state index contributed by atoms with van der Waals surface area (Å²) in [5.41, 5.74) is 7.08. The topological polar surface area (TPSA) is 46.3 Å². The van der Waals surface area contributed by atoms with Crippen LogP contribution in [0.15, 0.2) is 43.0 Å². The van der Waals surface area contributed by atoms with Gasteiger partial charge in [0.15, 0.2) is 0 Å². The largest absolute Gasteiger partial charge is 0.338 e. The van der Waals surface area contributed by atoms with Crippen molar-refractivity contribution >= 4 is 18.3 Å². The highest BCUT2D eigenvalue weighted by molar-refractivity contribution is 5.85. The summed E-state index contributed by atoms with van der Waals surface area (Å²) in [6.07, 6.45) is 5.90. The predicted molar refractivity (Wildman–Crippen MR) is 94.1 cm³/mol. The predicted octanol–water partition coefficient (Wildman–Crippen LogP) is 3.04. The van der Waals surface area contributed by atoms with Gasteiger partial charge in [0.1, 0.15) is 0 Å². The second-order valence-corrected chi connectivity index (χ2v) is 5.84. The van der Waals surface area contributed by atoms with E-state index in [1.807, 2.05) is 29.2 Å². The lowest BCUT2D eigenvalue weighted by atomic mass is 9.94. The number of rotatable bonds is 7. The summed E-state index contributed by atoms with van der Waals surface area (Å²) < 4.78 is 0. The lowest BCUT2D eigenvalue weighted by Crippen LogP contribution is -2.40. The first-order chi connectivity index (χ1) is 10.3. The van der Waals surface area contributed by atoms with Crippen molar-refractivity contribution in [1.82, 2.24) is 4.90 Å². The molecule has 2 N–H and O–H groups in total. The van der Waals surface area contributed by atoms with Crippen molar-refractivity contribution in [2.24, 2.45) is 17.6 Å². The normalized spacial score (nSPS) is 20.2. The Morgan fingerprint density at radius 1 is 1.32 bits per heavy atom. The van der Waals surface area contributed by atoms with E-state index in [1.54, 1.807) is 0 Å². The quantitative estimate of drug-likeness (QED) is 0.784. The molecule has 0 unspecified atom stereocenters. The minimum atomic E-state index is 0. The fourth-order valence-electron chi connectivity index (χ4n) is 3.23. The van der Waals surface area contributed by atoms with Crippen LogP contribution in [0.1, 0.15) is 24.8 Å². The molecule has 0 radical (unpaired) electrons. The molecule has 22 heavy (non-hydrogen) atoms. The first-order valence-corrected chi connectivity index (χ1v) is 7.90. The summed E-state index contributed by atoms with van der Waals surface area (Å²) >= 11 is 0. The number of amides is 1. The highest BCUT2D eigenvalue weighted by Crippen LogP contribution is 2.32. The molecule has 0 heterocycles. The summed E-state index contributed by atoms with van der Waals surface area (Å²) in [5.74, 6) is 0.742. The third-order valence-corrected chi connectivity index (χ3v) is 4.45. The molecule has 1 aliphatic rings. The van der Waals surface area contributed by atoms with Crippen molar-refractivity contribution in [3.05, 3.63) is 48.6 Å². The van der Waals surface area contributed by atoms with E-state index < -0.39 is 0 Å². The Morgan fingerprint density at radius 2 is 2.05 bits per heavy atom. The number of nitrogens with zero attached hydrogens (tertiary/aromatic N) is 1. The summed E-state index contributed by atoms with van der Waals surface area (Å²) in [6.45, 7) is 5.78. The molecule has 2 atom stereocenters. The van der Waals surface area contributed by atoms with Gasteiger partial charge in [0, 0.05) is 19.0 Å². The maximum atomic E-state index is 12.7. The highest BCUT2D eigenvalue weighted by Gasteiger charge is 2.34. The highest BCUT2D eigenvalue weighted by atomic mass is 35.5. The maximum Gasteiger partial charge on any atom is 0.226 e. The molecular formula is C18H27ClN2O. The summed E-state index contributed by atoms with van der Waals surface area (Å²) in [4.78, 5) is 14.7. The van der Waals surface area contributed by atoms with E-state index in [4.69, 9.17) is 5.73 Å². The van der Waals surface area contributed by atoms with E-state index >= 15 is 0 Å². The van der Waals surface area contributed by atoms with Gasteiger partial charge in [-0.2, -0.15) is 0 Å². The van der Waals surface area contributed by atoms with Crippen molar-refractivity contribution in [3.8, 4) is 0 Å². The van der Waals surface area contributed by atoms with Gasteiger partial charge in [-0.1, -0.05) is 42.8 Å². The maximum absolute atomic E-state index is 12.7. The first kappa shape index (κ1) is 18.7. The number of benzene rings is 1. The van der Waals surface area contributed by atoms with Crippen molar-refractivity contribution < 1.29 is 4.79 Å². The molecule has 0 saturated heterocycles. The molecule has 0 aromatic heterocycles. The number of carbonyl (C=O) groups is 1. The number of hydrogen-bond acceptors (Lipinski definition) is 2. The molecule has 1 aliphatic carbocycles. The summed E-state index contributed by atoms with van der Waals surface area (Å²) in [7, 11) is 0. The van der Waals surface area contributed by atoms with Gasteiger partial charge in [-0.3, -0.25) is 4.79 Å². The lowest BCUT2D eigenvalue weighted by molar-refractivity contribution is -0.136. The first-order valence-electron chi connectivity index (χ1n) is 7.90. The fourth-order valence-corrected chi connectivity index (χ4v) is 3.23. The number of nitrogens with two attached hydrogens (primary N) is 1. The molecule has 1 aromatic carbocycles. The van der Waals surface area contributed by atoms with Crippen LogP contribution in [0.5, 0.6) is 0 Å². The molecule has 122 valence electrons. The standard InChI is InChI=1S/C18H26N2O.ClH/c1-2-12-20(13-11-15-7-4-3-5-8-15)18(21)17-10-6-9-16(17)14-19;/h2-5,7-8,16-17H,1,6,9-14,19H2;1H/t16-,17-;/m1./s1. The van der Waals surface area contributed by atoms with Crippen LogP contribution in [0.3, 0.4) is 0 Å². The molecule has 3 nitrogen and oxygen atoms in total. The van der Waals surface area contributed by atoms with E-state index in [1.165, 1.54) is 5.56 Å². The molecule has 4 heteroatoms. The summed E-state index contributed by atoms with van der Waals surface area (Å²) in [5, 5.41) is 0. The molecule has 0 aliphatic heterocycles. The Hall–Kier alpha value is -1.32. The van der Waals surface area contributed by atoms with Crippen LogP contribution in [-0.4, -0.2) is 30.4 Å². The molecule has 0 bridgehead atoms. The second kappa shape index (κ2) is 9.65. The van der Waals surface area contributed by atoms with E-state index in [9.17, 15) is 4.79 Å². The Balaban J connectivity index is 0.00000242. The minimum absolute atomic E-state index is 0. The monoisotopic (exact) mass is 322 g/mol. The van der Waals surface area contributed by atoms with E-state index in [-0.39, 0.29) is 24.2 Å². The van der Waals surface area contributed by atoms with Crippen LogP contribution >= 0.6 is 12.4 Å². The SMILES string of the molecule is C=CCN(CCc1ccccc1)C(=O)[C@@H]1CCC[C@@H]1CN.Cl. The fraction of sp³-hybridized carbons (Fsp3) is 0.500. The Bertz CT molecular complexity index is 463. The average molecular weight is 323 g/mol. The van der Waals surface area contributed by atoms with Crippen LogP contribution in [0.4, 0.5) is 0 Å². The zero-order valence-corrected chi connectivity index (χ0v) is 13.9. The number of carbonyl (C=O) groups excluding carboxylic acids is 1. The van der Waals surface area contributed by atoms with Gasteiger partial charge in [0.25, 0.3) is 0 Å². The Labute approximate surface area is 140 Å².